The first-order valence-corrected chi connectivity index (χ1v) is 6.96. The Morgan fingerprint density at radius 1 is 1.43 bits per heavy atom. The number of anilines is 1. The van der Waals surface area contributed by atoms with Gasteiger partial charge < -0.3 is 5.32 Å². The maximum atomic E-state index is 3.43. The maximum absolute atomic E-state index is 3.43. The molecule has 1 aromatic rings. The van der Waals surface area contributed by atoms with E-state index in [9.17, 15) is 0 Å². The summed E-state index contributed by atoms with van der Waals surface area (Å²) in [5.41, 5.74) is 1.34. The summed E-state index contributed by atoms with van der Waals surface area (Å²) in [6, 6.07) is 2.71. The van der Waals surface area contributed by atoms with E-state index in [1.165, 1.54) is 14.8 Å². The summed E-state index contributed by atoms with van der Waals surface area (Å²) in [6.07, 6.45) is 6.51. The molecule has 2 rings (SSSR count). The largest absolute Gasteiger partial charge is 0.370 e. The van der Waals surface area contributed by atoms with Gasteiger partial charge in [-0.1, -0.05) is 26.0 Å². The summed E-state index contributed by atoms with van der Waals surface area (Å²) in [4.78, 5) is 0. The number of rotatable bonds is 1. The van der Waals surface area contributed by atoms with Crippen LogP contribution in [0, 0.1) is 0 Å². The van der Waals surface area contributed by atoms with Crippen LogP contribution < -0.4 is 5.32 Å². The highest BCUT2D eigenvalue weighted by Crippen LogP contribution is 2.36. The normalized spacial score (nSPS) is 17.9. The standard InChI is InChI=1S/C9H11NS2.C2H6/c1-6-3-4-7-5-8(11-2)12-9(7)10-6;1-2/h3-6,10H,1-2H3;1-2H3. The molecule has 0 fully saturated rings. The van der Waals surface area contributed by atoms with E-state index in [4.69, 9.17) is 0 Å². The molecule has 0 aromatic carbocycles. The van der Waals surface area contributed by atoms with Crippen LogP contribution in [-0.4, -0.2) is 12.3 Å². The third-order valence-electron chi connectivity index (χ3n) is 1.86. The number of thioether (sulfide) groups is 1. The first kappa shape index (κ1) is 11.7. The van der Waals surface area contributed by atoms with Gasteiger partial charge in [0, 0.05) is 11.6 Å². The monoisotopic (exact) mass is 227 g/mol. The van der Waals surface area contributed by atoms with Crippen molar-refractivity contribution >= 4 is 34.2 Å². The third kappa shape index (κ3) is 2.55. The molecule has 1 aromatic heterocycles. The van der Waals surface area contributed by atoms with E-state index in [0.717, 1.165) is 0 Å². The molecule has 1 nitrogen and oxygen atoms in total. The van der Waals surface area contributed by atoms with Crippen molar-refractivity contribution < 1.29 is 0 Å². The second kappa shape index (κ2) is 5.47. The first-order chi connectivity index (χ1) is 6.79. The van der Waals surface area contributed by atoms with E-state index < -0.39 is 0 Å². The van der Waals surface area contributed by atoms with Gasteiger partial charge in [0.05, 0.1) is 9.21 Å². The molecule has 1 aliphatic rings. The number of hydrogen-bond acceptors (Lipinski definition) is 3. The summed E-state index contributed by atoms with van der Waals surface area (Å²) < 4.78 is 1.38. The van der Waals surface area contributed by atoms with Gasteiger partial charge in [-0.25, -0.2) is 0 Å². The average Bonchev–Trinajstić information content (AvgIpc) is 2.62. The van der Waals surface area contributed by atoms with Crippen LogP contribution in [0.3, 0.4) is 0 Å². The van der Waals surface area contributed by atoms with Crippen molar-refractivity contribution in [1.29, 1.82) is 0 Å². The van der Waals surface area contributed by atoms with Gasteiger partial charge in [-0.05, 0) is 19.2 Å². The molecule has 1 unspecified atom stereocenters. The summed E-state index contributed by atoms with van der Waals surface area (Å²) in [5.74, 6) is 0. The van der Waals surface area contributed by atoms with Crippen LogP contribution in [0.25, 0.3) is 6.08 Å². The zero-order valence-electron chi connectivity index (χ0n) is 9.13. The van der Waals surface area contributed by atoms with Crippen molar-refractivity contribution in [2.24, 2.45) is 0 Å². The van der Waals surface area contributed by atoms with Crippen LogP contribution in [0.2, 0.25) is 0 Å². The van der Waals surface area contributed by atoms with Crippen molar-refractivity contribution in [3.8, 4) is 0 Å². The van der Waals surface area contributed by atoms with E-state index in [-0.39, 0.29) is 0 Å². The van der Waals surface area contributed by atoms with Gasteiger partial charge in [0.15, 0.2) is 0 Å². The minimum Gasteiger partial charge on any atom is -0.370 e. The predicted molar refractivity (Wildman–Crippen MR) is 69.6 cm³/mol. The summed E-state index contributed by atoms with van der Waals surface area (Å²) >= 11 is 3.65. The lowest BCUT2D eigenvalue weighted by Crippen LogP contribution is -2.13. The van der Waals surface area contributed by atoms with Gasteiger partial charge in [0.2, 0.25) is 0 Å². The second-order valence-corrected chi connectivity index (χ2v) is 5.00. The Morgan fingerprint density at radius 2 is 2.14 bits per heavy atom. The summed E-state index contributed by atoms with van der Waals surface area (Å²) in [5, 5.41) is 4.75. The van der Waals surface area contributed by atoms with Crippen LogP contribution >= 0.6 is 23.1 Å². The highest BCUT2D eigenvalue weighted by Gasteiger charge is 2.11. The van der Waals surface area contributed by atoms with Crippen LogP contribution in [0.4, 0.5) is 5.00 Å². The predicted octanol–water partition coefficient (Wildman–Crippen LogP) is 4.32. The van der Waals surface area contributed by atoms with E-state index in [2.05, 4.69) is 36.7 Å². The van der Waals surface area contributed by atoms with Crippen LogP contribution in [-0.2, 0) is 0 Å². The molecular formula is C11H17NS2. The maximum Gasteiger partial charge on any atom is 0.0972 e. The second-order valence-electron chi connectivity index (χ2n) is 2.85. The van der Waals surface area contributed by atoms with E-state index >= 15 is 0 Å². The first-order valence-electron chi connectivity index (χ1n) is 4.92. The Morgan fingerprint density at radius 3 is 2.79 bits per heavy atom. The van der Waals surface area contributed by atoms with Crippen LogP contribution in [0.1, 0.15) is 26.3 Å². The Kier molecular flexibility index (Phi) is 4.55. The summed E-state index contributed by atoms with van der Waals surface area (Å²) in [6.45, 7) is 6.16. The van der Waals surface area contributed by atoms with E-state index in [1.807, 2.05) is 36.9 Å². The minimum atomic E-state index is 0.478. The van der Waals surface area contributed by atoms with Crippen molar-refractivity contribution in [3.63, 3.8) is 0 Å². The molecule has 14 heavy (non-hydrogen) atoms. The fourth-order valence-electron chi connectivity index (χ4n) is 1.22. The number of thiophene rings is 1. The lowest BCUT2D eigenvalue weighted by atomic mass is 10.2. The molecule has 1 N–H and O–H groups in total. The topological polar surface area (TPSA) is 12.0 Å². The number of hydrogen-bond donors (Lipinski definition) is 1. The molecular weight excluding hydrogens is 210 g/mol. The van der Waals surface area contributed by atoms with Crippen molar-refractivity contribution in [2.75, 3.05) is 11.6 Å². The van der Waals surface area contributed by atoms with Crippen molar-refractivity contribution in [2.45, 2.75) is 31.0 Å². The number of fused-ring (bicyclic) bond motifs is 1. The molecule has 1 aliphatic heterocycles. The minimum absolute atomic E-state index is 0.478. The Bertz CT molecular complexity index is 315. The number of nitrogens with one attached hydrogen (secondary N) is 1. The smallest absolute Gasteiger partial charge is 0.0972 e. The van der Waals surface area contributed by atoms with Gasteiger partial charge in [0.25, 0.3) is 0 Å². The Hall–Kier alpha value is -0.410. The van der Waals surface area contributed by atoms with Gasteiger partial charge in [0.1, 0.15) is 0 Å². The van der Waals surface area contributed by atoms with Crippen LogP contribution in [0.5, 0.6) is 0 Å². The van der Waals surface area contributed by atoms with Crippen molar-refractivity contribution in [1.82, 2.24) is 0 Å². The quantitative estimate of drug-likeness (QED) is 0.717. The molecule has 0 aliphatic carbocycles. The molecule has 0 radical (unpaired) electrons. The van der Waals surface area contributed by atoms with Gasteiger partial charge in [-0.2, -0.15) is 0 Å². The fraction of sp³-hybridized carbons (Fsp3) is 0.455. The van der Waals surface area contributed by atoms with Gasteiger partial charge in [-0.15, -0.1) is 23.1 Å². The van der Waals surface area contributed by atoms with Gasteiger partial charge >= 0.3 is 0 Å². The SMILES string of the molecule is CC.CSc1cc2c(s1)NC(C)C=C2. The highest BCUT2D eigenvalue weighted by atomic mass is 32.2. The molecule has 0 spiro atoms. The molecule has 0 amide bonds. The van der Waals surface area contributed by atoms with Gasteiger partial charge in [-0.3, -0.25) is 0 Å². The van der Waals surface area contributed by atoms with Crippen molar-refractivity contribution in [3.05, 3.63) is 17.7 Å². The average molecular weight is 227 g/mol. The molecule has 0 saturated heterocycles. The van der Waals surface area contributed by atoms with E-state index in [1.54, 1.807) is 0 Å². The molecule has 78 valence electrons. The molecule has 1 atom stereocenters. The third-order valence-corrected chi connectivity index (χ3v) is 4.01. The zero-order valence-corrected chi connectivity index (χ0v) is 10.8. The Balaban J connectivity index is 0.000000461. The molecule has 0 saturated carbocycles. The fourth-order valence-corrected chi connectivity index (χ4v) is 2.93. The van der Waals surface area contributed by atoms with E-state index in [0.29, 0.717) is 6.04 Å². The summed E-state index contributed by atoms with van der Waals surface area (Å²) in [7, 11) is 0. The lowest BCUT2D eigenvalue weighted by Gasteiger charge is -2.14. The molecule has 3 heteroatoms. The lowest BCUT2D eigenvalue weighted by molar-refractivity contribution is 1.00. The molecule has 2 heterocycles. The van der Waals surface area contributed by atoms with Crippen LogP contribution in [0.15, 0.2) is 16.4 Å². The molecule has 0 bridgehead atoms. The Labute approximate surface area is 94.6 Å². The highest BCUT2D eigenvalue weighted by molar-refractivity contribution is 8.00. The zero-order chi connectivity index (χ0) is 10.6.